The van der Waals surface area contributed by atoms with Crippen LogP contribution in [0.5, 0.6) is 0 Å². The number of nitrogens with zero attached hydrogens (tertiary/aromatic N) is 2. The van der Waals surface area contributed by atoms with Crippen LogP contribution in [0.3, 0.4) is 0 Å². The molecule has 0 bridgehead atoms. The Labute approximate surface area is 142 Å². The minimum Gasteiger partial charge on any atom is -0.399 e. The van der Waals surface area contributed by atoms with E-state index >= 15 is 0 Å². The highest BCUT2D eigenvalue weighted by atomic mass is 16.2. The molecule has 0 fully saturated rings. The first kappa shape index (κ1) is 17.5. The SMILES string of the molecule is CCN(Cc1ccc(C(=O)N(C)C)cc1)C(=O)c1cccc(N)c1. The zero-order valence-corrected chi connectivity index (χ0v) is 14.3. The number of carbonyl (C=O) groups excluding carboxylic acids is 2. The molecule has 5 nitrogen and oxygen atoms in total. The fourth-order valence-corrected chi connectivity index (χ4v) is 2.41. The summed E-state index contributed by atoms with van der Waals surface area (Å²) >= 11 is 0. The van der Waals surface area contributed by atoms with E-state index in [4.69, 9.17) is 5.73 Å². The minimum atomic E-state index is -0.0572. The Kier molecular flexibility index (Phi) is 5.58. The second-order valence-electron chi connectivity index (χ2n) is 5.84. The van der Waals surface area contributed by atoms with E-state index < -0.39 is 0 Å². The van der Waals surface area contributed by atoms with E-state index in [1.807, 2.05) is 19.1 Å². The van der Waals surface area contributed by atoms with Gasteiger partial charge in [-0.2, -0.15) is 0 Å². The number of hydrogen-bond acceptors (Lipinski definition) is 3. The highest BCUT2D eigenvalue weighted by Gasteiger charge is 2.15. The maximum atomic E-state index is 12.6. The average molecular weight is 325 g/mol. The van der Waals surface area contributed by atoms with E-state index in [9.17, 15) is 9.59 Å². The highest BCUT2D eigenvalue weighted by Crippen LogP contribution is 2.14. The van der Waals surface area contributed by atoms with Crippen LogP contribution in [0.15, 0.2) is 48.5 Å². The van der Waals surface area contributed by atoms with Gasteiger partial charge in [0.2, 0.25) is 0 Å². The smallest absolute Gasteiger partial charge is 0.254 e. The third kappa shape index (κ3) is 4.13. The van der Waals surface area contributed by atoms with Crippen molar-refractivity contribution < 1.29 is 9.59 Å². The molecule has 24 heavy (non-hydrogen) atoms. The molecule has 0 saturated carbocycles. The van der Waals surface area contributed by atoms with Crippen molar-refractivity contribution in [3.05, 3.63) is 65.2 Å². The van der Waals surface area contributed by atoms with E-state index in [1.54, 1.807) is 55.4 Å². The number of benzene rings is 2. The van der Waals surface area contributed by atoms with Crippen molar-refractivity contribution in [2.45, 2.75) is 13.5 Å². The van der Waals surface area contributed by atoms with Crippen LogP contribution in [0, 0.1) is 0 Å². The monoisotopic (exact) mass is 325 g/mol. The summed E-state index contributed by atoms with van der Waals surface area (Å²) in [5.41, 5.74) is 8.52. The van der Waals surface area contributed by atoms with Crippen molar-refractivity contribution in [1.82, 2.24) is 9.80 Å². The number of hydrogen-bond donors (Lipinski definition) is 1. The number of carbonyl (C=O) groups is 2. The number of anilines is 1. The molecule has 0 aliphatic rings. The van der Waals surface area contributed by atoms with Crippen LogP contribution in [0.1, 0.15) is 33.2 Å². The van der Waals surface area contributed by atoms with Gasteiger partial charge in [0.1, 0.15) is 0 Å². The Hall–Kier alpha value is -2.82. The molecule has 0 atom stereocenters. The maximum absolute atomic E-state index is 12.6. The molecule has 5 heteroatoms. The molecule has 2 N–H and O–H groups in total. The minimum absolute atomic E-state index is 0.0373. The number of amides is 2. The quantitative estimate of drug-likeness (QED) is 0.859. The van der Waals surface area contributed by atoms with Crippen molar-refractivity contribution in [2.75, 3.05) is 26.4 Å². The van der Waals surface area contributed by atoms with Crippen LogP contribution in [0.25, 0.3) is 0 Å². The van der Waals surface area contributed by atoms with Crippen LogP contribution in [-0.2, 0) is 6.54 Å². The third-order valence-corrected chi connectivity index (χ3v) is 3.78. The molecule has 0 radical (unpaired) electrons. The first-order valence-electron chi connectivity index (χ1n) is 7.87. The molecular weight excluding hydrogens is 302 g/mol. The Bertz CT molecular complexity index is 724. The van der Waals surface area contributed by atoms with E-state index in [0.29, 0.717) is 29.9 Å². The summed E-state index contributed by atoms with van der Waals surface area (Å²) in [6, 6.07) is 14.3. The summed E-state index contributed by atoms with van der Waals surface area (Å²) in [7, 11) is 3.44. The molecule has 0 spiro atoms. The van der Waals surface area contributed by atoms with Crippen LogP contribution in [-0.4, -0.2) is 42.3 Å². The summed E-state index contributed by atoms with van der Waals surface area (Å²) in [5.74, 6) is -0.0945. The molecule has 0 heterocycles. The number of nitrogen functional groups attached to an aromatic ring is 1. The standard InChI is InChI=1S/C19H23N3O2/c1-4-22(19(24)16-6-5-7-17(20)12-16)13-14-8-10-15(11-9-14)18(23)21(2)3/h5-12H,4,13,20H2,1-3H3. The molecule has 0 aliphatic heterocycles. The van der Waals surface area contributed by atoms with Gasteiger partial charge in [-0.05, 0) is 42.8 Å². The predicted octanol–water partition coefficient (Wildman–Crippen LogP) is 2.63. The lowest BCUT2D eigenvalue weighted by molar-refractivity contribution is 0.0751. The van der Waals surface area contributed by atoms with Gasteiger partial charge >= 0.3 is 0 Å². The third-order valence-electron chi connectivity index (χ3n) is 3.78. The lowest BCUT2D eigenvalue weighted by atomic mass is 10.1. The molecule has 2 aromatic carbocycles. The largest absolute Gasteiger partial charge is 0.399 e. The van der Waals surface area contributed by atoms with Gasteiger partial charge in [-0.1, -0.05) is 18.2 Å². The molecule has 0 unspecified atom stereocenters. The predicted molar refractivity (Wildman–Crippen MR) is 95.7 cm³/mol. The van der Waals surface area contributed by atoms with Gasteiger partial charge in [0.25, 0.3) is 11.8 Å². The van der Waals surface area contributed by atoms with Gasteiger partial charge in [-0.15, -0.1) is 0 Å². The van der Waals surface area contributed by atoms with Gasteiger partial charge in [0.05, 0.1) is 0 Å². The van der Waals surface area contributed by atoms with Crippen molar-refractivity contribution in [2.24, 2.45) is 0 Å². The van der Waals surface area contributed by atoms with Crippen LogP contribution in [0.4, 0.5) is 5.69 Å². The van der Waals surface area contributed by atoms with Gasteiger partial charge in [-0.25, -0.2) is 0 Å². The molecule has 0 saturated heterocycles. The highest BCUT2D eigenvalue weighted by molar-refractivity contribution is 5.95. The Balaban J connectivity index is 2.12. The van der Waals surface area contributed by atoms with E-state index in [-0.39, 0.29) is 11.8 Å². The summed E-state index contributed by atoms with van der Waals surface area (Å²) in [5, 5.41) is 0. The fourth-order valence-electron chi connectivity index (χ4n) is 2.41. The second kappa shape index (κ2) is 7.64. The van der Waals surface area contributed by atoms with Crippen molar-refractivity contribution in [1.29, 1.82) is 0 Å². The first-order valence-corrected chi connectivity index (χ1v) is 7.87. The summed E-state index contributed by atoms with van der Waals surface area (Å²) in [6.07, 6.45) is 0. The topological polar surface area (TPSA) is 66.6 Å². The van der Waals surface area contributed by atoms with E-state index in [1.165, 1.54) is 4.90 Å². The molecule has 0 aliphatic carbocycles. The van der Waals surface area contributed by atoms with E-state index in [2.05, 4.69) is 0 Å². The van der Waals surface area contributed by atoms with Gasteiger partial charge in [-0.3, -0.25) is 9.59 Å². The fraction of sp³-hybridized carbons (Fsp3) is 0.263. The summed E-state index contributed by atoms with van der Waals surface area (Å²) < 4.78 is 0. The van der Waals surface area contributed by atoms with E-state index in [0.717, 1.165) is 5.56 Å². The Morgan fingerprint density at radius 1 is 0.958 bits per heavy atom. The number of rotatable bonds is 5. The zero-order chi connectivity index (χ0) is 17.7. The van der Waals surface area contributed by atoms with Gasteiger partial charge in [0, 0.05) is 44.0 Å². The normalized spacial score (nSPS) is 10.3. The second-order valence-corrected chi connectivity index (χ2v) is 5.84. The summed E-state index contributed by atoms with van der Waals surface area (Å²) in [4.78, 5) is 27.8. The average Bonchev–Trinajstić information content (AvgIpc) is 2.59. The maximum Gasteiger partial charge on any atom is 0.254 e. The Morgan fingerprint density at radius 3 is 2.17 bits per heavy atom. The first-order chi connectivity index (χ1) is 11.4. The summed E-state index contributed by atoms with van der Waals surface area (Å²) in [6.45, 7) is 3.01. The van der Waals surface area contributed by atoms with Crippen molar-refractivity contribution >= 4 is 17.5 Å². The van der Waals surface area contributed by atoms with Crippen LogP contribution >= 0.6 is 0 Å². The lowest BCUT2D eigenvalue weighted by Crippen LogP contribution is -2.30. The Morgan fingerprint density at radius 2 is 1.62 bits per heavy atom. The molecule has 126 valence electrons. The van der Waals surface area contributed by atoms with Crippen LogP contribution < -0.4 is 5.73 Å². The molecule has 2 amide bonds. The molecule has 2 aromatic rings. The van der Waals surface area contributed by atoms with Crippen LogP contribution in [0.2, 0.25) is 0 Å². The molecule has 0 aromatic heterocycles. The van der Waals surface area contributed by atoms with Crippen molar-refractivity contribution in [3.8, 4) is 0 Å². The van der Waals surface area contributed by atoms with Crippen molar-refractivity contribution in [3.63, 3.8) is 0 Å². The lowest BCUT2D eigenvalue weighted by Gasteiger charge is -2.21. The number of nitrogens with two attached hydrogens (primary N) is 1. The molecular formula is C19H23N3O2. The van der Waals surface area contributed by atoms with Gasteiger partial charge < -0.3 is 15.5 Å². The molecule has 2 rings (SSSR count). The zero-order valence-electron chi connectivity index (χ0n) is 14.3. The van der Waals surface area contributed by atoms with Gasteiger partial charge in [0.15, 0.2) is 0 Å².